The predicted molar refractivity (Wildman–Crippen MR) is 81.9 cm³/mol. The Morgan fingerprint density at radius 2 is 2.05 bits per heavy atom. The topological polar surface area (TPSA) is 44.7 Å². The fraction of sp³-hybridized carbons (Fsp3) is 1.00. The first kappa shape index (κ1) is 16.2. The quantitative estimate of drug-likeness (QED) is 0.746. The molecule has 1 aliphatic heterocycles. The van der Waals surface area contributed by atoms with Crippen LogP contribution in [0.4, 0.5) is 0 Å². The Morgan fingerprint density at radius 3 is 2.75 bits per heavy atom. The Hall–Kier alpha value is -0.160. The molecule has 1 saturated carbocycles. The number of hydrogen-bond donors (Lipinski definition) is 2. The van der Waals surface area contributed by atoms with Crippen molar-refractivity contribution < 1.29 is 9.84 Å². The van der Waals surface area contributed by atoms with Gasteiger partial charge in [0, 0.05) is 19.1 Å². The summed E-state index contributed by atoms with van der Waals surface area (Å²) in [6.45, 7) is 5.57. The second kappa shape index (κ2) is 8.32. The molecule has 4 unspecified atom stereocenters. The van der Waals surface area contributed by atoms with Gasteiger partial charge in [0.25, 0.3) is 0 Å². The standard InChI is InChI=1S/C16H32N2O2/c1-13-6-3-4-8-16(13)20-12-15(19)11-17-10-14-7-5-9-18(14)2/h13-17,19H,3-12H2,1-2H3. The van der Waals surface area contributed by atoms with E-state index >= 15 is 0 Å². The molecule has 4 nitrogen and oxygen atoms in total. The van der Waals surface area contributed by atoms with Crippen LogP contribution in [0.1, 0.15) is 45.4 Å². The summed E-state index contributed by atoms with van der Waals surface area (Å²) in [6.07, 6.45) is 7.60. The van der Waals surface area contributed by atoms with E-state index in [9.17, 15) is 5.11 Å². The highest BCUT2D eigenvalue weighted by atomic mass is 16.5. The minimum Gasteiger partial charge on any atom is -0.389 e. The Labute approximate surface area is 123 Å². The molecule has 2 fully saturated rings. The maximum Gasteiger partial charge on any atom is 0.0897 e. The molecule has 2 aliphatic rings. The van der Waals surface area contributed by atoms with Crippen LogP contribution in [0.5, 0.6) is 0 Å². The van der Waals surface area contributed by atoms with Gasteiger partial charge >= 0.3 is 0 Å². The molecule has 0 aromatic rings. The normalized spacial score (nSPS) is 33.5. The lowest BCUT2D eigenvalue weighted by atomic mass is 9.88. The summed E-state index contributed by atoms with van der Waals surface area (Å²) in [5.41, 5.74) is 0. The second-order valence-electron chi connectivity index (χ2n) is 6.72. The van der Waals surface area contributed by atoms with Crippen molar-refractivity contribution in [1.29, 1.82) is 0 Å². The van der Waals surface area contributed by atoms with Crippen LogP contribution in [0.15, 0.2) is 0 Å². The van der Waals surface area contributed by atoms with Crippen LogP contribution in [-0.4, -0.2) is 61.5 Å². The zero-order chi connectivity index (χ0) is 14.4. The number of nitrogens with one attached hydrogen (secondary N) is 1. The van der Waals surface area contributed by atoms with Crippen molar-refractivity contribution in [3.63, 3.8) is 0 Å². The zero-order valence-corrected chi connectivity index (χ0v) is 13.2. The second-order valence-corrected chi connectivity index (χ2v) is 6.72. The van der Waals surface area contributed by atoms with E-state index in [1.165, 1.54) is 38.6 Å². The molecular formula is C16H32N2O2. The number of likely N-dealkylation sites (tertiary alicyclic amines) is 1. The highest BCUT2D eigenvalue weighted by molar-refractivity contribution is 4.79. The molecule has 0 aromatic carbocycles. The average molecular weight is 284 g/mol. The van der Waals surface area contributed by atoms with Crippen molar-refractivity contribution in [2.24, 2.45) is 5.92 Å². The predicted octanol–water partition coefficient (Wildman–Crippen LogP) is 1.63. The number of aliphatic hydroxyl groups is 1. The number of nitrogens with zero attached hydrogens (tertiary/aromatic N) is 1. The Balaban J connectivity index is 1.54. The van der Waals surface area contributed by atoms with E-state index in [1.54, 1.807) is 0 Å². The molecule has 0 amide bonds. The minimum atomic E-state index is -0.379. The van der Waals surface area contributed by atoms with Gasteiger partial charge in [-0.05, 0) is 45.2 Å². The molecule has 4 atom stereocenters. The minimum absolute atomic E-state index is 0.361. The smallest absolute Gasteiger partial charge is 0.0897 e. The van der Waals surface area contributed by atoms with Gasteiger partial charge < -0.3 is 20.1 Å². The van der Waals surface area contributed by atoms with E-state index in [2.05, 4.69) is 24.2 Å². The highest BCUT2D eigenvalue weighted by Gasteiger charge is 2.23. The lowest BCUT2D eigenvalue weighted by Gasteiger charge is -2.29. The van der Waals surface area contributed by atoms with Crippen LogP contribution in [0, 0.1) is 5.92 Å². The van der Waals surface area contributed by atoms with E-state index in [1.807, 2.05) is 0 Å². The molecule has 1 aliphatic carbocycles. The van der Waals surface area contributed by atoms with E-state index in [4.69, 9.17) is 4.74 Å². The summed E-state index contributed by atoms with van der Waals surface area (Å²) in [4.78, 5) is 2.40. The van der Waals surface area contributed by atoms with Crippen LogP contribution in [0.2, 0.25) is 0 Å². The van der Waals surface area contributed by atoms with E-state index in [0.717, 1.165) is 13.0 Å². The Morgan fingerprint density at radius 1 is 1.25 bits per heavy atom. The van der Waals surface area contributed by atoms with Crippen LogP contribution in [-0.2, 0) is 4.74 Å². The van der Waals surface area contributed by atoms with Gasteiger partial charge in [-0.2, -0.15) is 0 Å². The third kappa shape index (κ3) is 4.99. The molecule has 0 radical (unpaired) electrons. The first-order valence-electron chi connectivity index (χ1n) is 8.37. The maximum atomic E-state index is 10.0. The molecule has 0 aromatic heterocycles. The molecule has 0 spiro atoms. The first-order valence-corrected chi connectivity index (χ1v) is 8.37. The Kier molecular flexibility index (Phi) is 6.75. The van der Waals surface area contributed by atoms with Crippen LogP contribution >= 0.6 is 0 Å². The fourth-order valence-electron chi connectivity index (χ4n) is 3.48. The van der Waals surface area contributed by atoms with Gasteiger partial charge in [0.2, 0.25) is 0 Å². The zero-order valence-electron chi connectivity index (χ0n) is 13.2. The molecular weight excluding hydrogens is 252 g/mol. The number of ether oxygens (including phenoxy) is 1. The average Bonchev–Trinajstić information content (AvgIpc) is 2.84. The van der Waals surface area contributed by atoms with Gasteiger partial charge in [-0.3, -0.25) is 0 Å². The van der Waals surface area contributed by atoms with Crippen molar-refractivity contribution >= 4 is 0 Å². The number of hydrogen-bond acceptors (Lipinski definition) is 4. The van der Waals surface area contributed by atoms with Gasteiger partial charge in [0.1, 0.15) is 0 Å². The van der Waals surface area contributed by atoms with E-state index in [-0.39, 0.29) is 6.10 Å². The SMILES string of the molecule is CC1CCCCC1OCC(O)CNCC1CCCN1C. The summed E-state index contributed by atoms with van der Waals surface area (Å²) in [5, 5.41) is 13.4. The molecule has 2 rings (SSSR count). The van der Waals surface area contributed by atoms with Crippen LogP contribution < -0.4 is 5.32 Å². The number of rotatable bonds is 7. The molecule has 1 heterocycles. The molecule has 0 bridgehead atoms. The van der Waals surface area contributed by atoms with Gasteiger partial charge in [-0.25, -0.2) is 0 Å². The van der Waals surface area contributed by atoms with Crippen molar-refractivity contribution in [1.82, 2.24) is 10.2 Å². The first-order chi connectivity index (χ1) is 9.66. The third-order valence-electron chi connectivity index (χ3n) is 4.97. The van der Waals surface area contributed by atoms with Crippen LogP contribution in [0.3, 0.4) is 0 Å². The summed E-state index contributed by atoms with van der Waals surface area (Å²) < 4.78 is 5.90. The third-order valence-corrected chi connectivity index (χ3v) is 4.97. The number of aliphatic hydroxyl groups excluding tert-OH is 1. The van der Waals surface area contributed by atoms with E-state index < -0.39 is 0 Å². The highest BCUT2D eigenvalue weighted by Crippen LogP contribution is 2.26. The van der Waals surface area contributed by atoms with Crippen molar-refractivity contribution in [2.45, 2.75) is 63.7 Å². The maximum absolute atomic E-state index is 10.0. The molecule has 4 heteroatoms. The van der Waals surface area contributed by atoms with Crippen molar-refractivity contribution in [3.8, 4) is 0 Å². The summed E-state index contributed by atoms with van der Waals surface area (Å²) >= 11 is 0. The van der Waals surface area contributed by atoms with Gasteiger partial charge in [0.15, 0.2) is 0 Å². The lowest BCUT2D eigenvalue weighted by molar-refractivity contribution is -0.0452. The van der Waals surface area contributed by atoms with E-state index in [0.29, 0.717) is 31.2 Å². The Bertz CT molecular complexity index is 275. The monoisotopic (exact) mass is 284 g/mol. The van der Waals surface area contributed by atoms with Crippen molar-refractivity contribution in [2.75, 3.05) is 33.3 Å². The lowest BCUT2D eigenvalue weighted by Crippen LogP contribution is -2.40. The van der Waals surface area contributed by atoms with Crippen molar-refractivity contribution in [3.05, 3.63) is 0 Å². The summed E-state index contributed by atoms with van der Waals surface area (Å²) in [7, 11) is 2.18. The molecule has 1 saturated heterocycles. The molecule has 118 valence electrons. The summed E-state index contributed by atoms with van der Waals surface area (Å²) in [5.74, 6) is 0.649. The van der Waals surface area contributed by atoms with Gasteiger partial charge in [-0.15, -0.1) is 0 Å². The molecule has 20 heavy (non-hydrogen) atoms. The van der Waals surface area contributed by atoms with Gasteiger partial charge in [0.05, 0.1) is 18.8 Å². The fourth-order valence-corrected chi connectivity index (χ4v) is 3.48. The summed E-state index contributed by atoms with van der Waals surface area (Å²) in [6, 6.07) is 0.640. The largest absolute Gasteiger partial charge is 0.389 e. The van der Waals surface area contributed by atoms with Gasteiger partial charge in [-0.1, -0.05) is 19.8 Å². The molecule has 2 N–H and O–H groups in total. The van der Waals surface area contributed by atoms with Crippen LogP contribution in [0.25, 0.3) is 0 Å². The number of likely N-dealkylation sites (N-methyl/N-ethyl adjacent to an activating group) is 1.